The van der Waals surface area contributed by atoms with Crippen molar-refractivity contribution < 1.29 is 4.57 Å². The number of fused-ring (bicyclic) bond motifs is 5. The molecule has 1 fully saturated rings. The van der Waals surface area contributed by atoms with Gasteiger partial charge in [0.05, 0.1) is 27.3 Å². The Bertz CT molecular complexity index is 1870. The Morgan fingerprint density at radius 1 is 0.921 bits per heavy atom. The van der Waals surface area contributed by atoms with E-state index < -0.39 is 0 Å². The zero-order chi connectivity index (χ0) is 26.5. The van der Waals surface area contributed by atoms with Crippen LogP contribution in [0.2, 0.25) is 0 Å². The van der Waals surface area contributed by atoms with E-state index in [1.54, 1.807) is 0 Å². The summed E-state index contributed by atoms with van der Waals surface area (Å²) in [5.41, 5.74) is 11.7. The Morgan fingerprint density at radius 2 is 1.68 bits per heavy atom. The third-order valence-electron chi connectivity index (χ3n) is 9.80. The number of rotatable bonds is 3. The van der Waals surface area contributed by atoms with Crippen molar-refractivity contribution in [2.75, 3.05) is 0 Å². The SMILES string of the molecule is Cc1cc2c3cc(CC(C)C)ccc3n3c4cc(C5CCC(C)(C)CC5)cc5cc[n+](C)c(c(c1C)c23)c54. The molecule has 0 N–H and O–H groups in total. The van der Waals surface area contributed by atoms with Crippen LogP contribution in [-0.4, -0.2) is 4.40 Å². The lowest BCUT2D eigenvalue weighted by molar-refractivity contribution is -0.643. The van der Waals surface area contributed by atoms with Gasteiger partial charge in [-0.3, -0.25) is 0 Å². The second-order valence-electron chi connectivity index (χ2n) is 13.6. The predicted molar refractivity (Wildman–Crippen MR) is 163 cm³/mol. The third-order valence-corrected chi connectivity index (χ3v) is 9.80. The molecule has 0 unspecified atom stereocenters. The fraction of sp³-hybridized carbons (Fsp3) is 0.417. The van der Waals surface area contributed by atoms with E-state index in [2.05, 4.69) is 106 Å². The molecule has 0 saturated heterocycles. The number of benzene rings is 3. The maximum Gasteiger partial charge on any atom is 0.224 e. The van der Waals surface area contributed by atoms with Crippen molar-refractivity contribution in [2.45, 2.75) is 79.6 Å². The minimum absolute atomic E-state index is 0.480. The topological polar surface area (TPSA) is 8.29 Å². The van der Waals surface area contributed by atoms with Crippen molar-refractivity contribution >= 4 is 49.0 Å². The van der Waals surface area contributed by atoms with Crippen molar-refractivity contribution in [3.05, 3.63) is 70.9 Å². The van der Waals surface area contributed by atoms with Gasteiger partial charge in [-0.05, 0) is 115 Å². The highest BCUT2D eigenvalue weighted by molar-refractivity contribution is 6.26. The summed E-state index contributed by atoms with van der Waals surface area (Å²) in [6.45, 7) is 14.1. The number of aryl methyl sites for hydroxylation is 3. The standard InChI is InChI=1S/C36H41N2/c1-21(2)16-24-8-9-30-28(18-24)29-17-22(3)23(4)32-34(29)38(30)31-20-27(25-10-13-36(5,6)14-11-25)19-26-12-15-37(7)35(32)33(26)31/h8-9,12,15,17-21,25H,10-11,13-14,16H2,1-7H3/q+1. The number of hydrogen-bond acceptors (Lipinski definition) is 0. The van der Waals surface area contributed by atoms with E-state index in [1.807, 2.05) is 0 Å². The van der Waals surface area contributed by atoms with Gasteiger partial charge in [-0.25, -0.2) is 4.57 Å². The van der Waals surface area contributed by atoms with Crippen molar-refractivity contribution in [3.63, 3.8) is 0 Å². The first-order valence-electron chi connectivity index (χ1n) is 14.7. The van der Waals surface area contributed by atoms with Gasteiger partial charge in [-0.15, -0.1) is 0 Å². The van der Waals surface area contributed by atoms with Gasteiger partial charge in [0.2, 0.25) is 5.52 Å². The summed E-state index contributed by atoms with van der Waals surface area (Å²) in [4.78, 5) is 0. The molecule has 6 aromatic rings. The van der Waals surface area contributed by atoms with E-state index in [4.69, 9.17) is 0 Å². The second-order valence-corrected chi connectivity index (χ2v) is 13.6. The lowest BCUT2D eigenvalue weighted by Crippen LogP contribution is -2.29. The molecule has 194 valence electrons. The fourth-order valence-corrected chi connectivity index (χ4v) is 7.54. The molecule has 2 heteroatoms. The lowest BCUT2D eigenvalue weighted by atomic mass is 9.71. The highest BCUT2D eigenvalue weighted by Crippen LogP contribution is 2.46. The minimum atomic E-state index is 0.480. The molecule has 0 aliphatic heterocycles. The zero-order valence-corrected chi connectivity index (χ0v) is 24.2. The van der Waals surface area contributed by atoms with Gasteiger partial charge in [-0.2, -0.15) is 0 Å². The van der Waals surface area contributed by atoms with Crippen molar-refractivity contribution in [1.82, 2.24) is 4.40 Å². The van der Waals surface area contributed by atoms with E-state index in [-0.39, 0.29) is 0 Å². The number of pyridine rings is 2. The lowest BCUT2D eigenvalue weighted by Gasteiger charge is -2.34. The monoisotopic (exact) mass is 501 g/mol. The smallest absolute Gasteiger partial charge is 0.224 e. The van der Waals surface area contributed by atoms with Gasteiger partial charge in [0.25, 0.3) is 0 Å². The summed E-state index contributed by atoms with van der Waals surface area (Å²) in [5, 5.41) is 7.00. The maximum atomic E-state index is 2.62. The fourth-order valence-electron chi connectivity index (χ4n) is 7.54. The molecule has 1 aliphatic carbocycles. The molecular formula is C36H41N2+. The molecule has 0 atom stereocenters. The first-order chi connectivity index (χ1) is 18.1. The Balaban J connectivity index is 1.65. The average molecular weight is 502 g/mol. The Kier molecular flexibility index (Phi) is 5.16. The van der Waals surface area contributed by atoms with Crippen LogP contribution in [0.5, 0.6) is 0 Å². The van der Waals surface area contributed by atoms with Crippen molar-refractivity contribution in [2.24, 2.45) is 18.4 Å². The molecule has 7 rings (SSSR count). The van der Waals surface area contributed by atoms with E-state index in [0.29, 0.717) is 17.3 Å². The van der Waals surface area contributed by atoms with Crippen LogP contribution in [0.4, 0.5) is 0 Å². The van der Waals surface area contributed by atoms with Crippen LogP contribution in [0.3, 0.4) is 0 Å². The molecule has 0 amide bonds. The largest absolute Gasteiger partial charge is 0.307 e. The summed E-state index contributed by atoms with van der Waals surface area (Å²) in [6.07, 6.45) is 8.61. The van der Waals surface area contributed by atoms with Crippen LogP contribution in [0.15, 0.2) is 48.7 Å². The molecule has 0 radical (unpaired) electrons. The minimum Gasteiger partial charge on any atom is -0.307 e. The van der Waals surface area contributed by atoms with Crippen molar-refractivity contribution in [3.8, 4) is 0 Å². The van der Waals surface area contributed by atoms with Gasteiger partial charge in [0.1, 0.15) is 7.05 Å². The third kappa shape index (κ3) is 3.42. The molecule has 2 nitrogen and oxygen atoms in total. The maximum absolute atomic E-state index is 2.62. The summed E-state index contributed by atoms with van der Waals surface area (Å²) in [7, 11) is 2.22. The molecule has 1 aliphatic rings. The molecule has 0 spiro atoms. The van der Waals surface area contributed by atoms with Gasteiger partial charge in [-0.1, -0.05) is 39.8 Å². The van der Waals surface area contributed by atoms with Gasteiger partial charge in [0.15, 0.2) is 6.20 Å². The highest BCUT2D eigenvalue weighted by Gasteiger charge is 2.30. The van der Waals surface area contributed by atoms with E-state index in [1.165, 1.54) is 96.9 Å². The second kappa shape index (κ2) is 8.18. The summed E-state index contributed by atoms with van der Waals surface area (Å²) >= 11 is 0. The van der Waals surface area contributed by atoms with Gasteiger partial charge in [0, 0.05) is 16.8 Å². The Labute approximate surface area is 226 Å². The number of aromatic nitrogens is 2. The van der Waals surface area contributed by atoms with E-state index >= 15 is 0 Å². The van der Waals surface area contributed by atoms with Crippen LogP contribution in [-0.2, 0) is 13.5 Å². The molecule has 1 saturated carbocycles. The molecule has 3 heterocycles. The predicted octanol–water partition coefficient (Wildman–Crippen LogP) is 9.31. The summed E-state index contributed by atoms with van der Waals surface area (Å²) in [5.74, 6) is 1.30. The van der Waals surface area contributed by atoms with E-state index in [9.17, 15) is 0 Å². The van der Waals surface area contributed by atoms with Crippen LogP contribution in [0.25, 0.3) is 49.0 Å². The molecular weight excluding hydrogens is 460 g/mol. The summed E-state index contributed by atoms with van der Waals surface area (Å²) in [6, 6.07) is 17.1. The first-order valence-corrected chi connectivity index (χ1v) is 14.7. The Hall–Kier alpha value is -3.13. The number of hydrogen-bond donors (Lipinski definition) is 0. The van der Waals surface area contributed by atoms with Crippen LogP contribution in [0.1, 0.15) is 81.5 Å². The molecule has 3 aromatic heterocycles. The van der Waals surface area contributed by atoms with Crippen molar-refractivity contribution in [1.29, 1.82) is 0 Å². The zero-order valence-electron chi connectivity index (χ0n) is 24.2. The van der Waals surface area contributed by atoms with E-state index in [0.717, 1.165) is 6.42 Å². The quantitative estimate of drug-likeness (QED) is 0.130. The normalized spacial score (nSPS) is 16.8. The van der Waals surface area contributed by atoms with Gasteiger partial charge >= 0.3 is 0 Å². The van der Waals surface area contributed by atoms with Crippen LogP contribution < -0.4 is 4.57 Å². The summed E-state index contributed by atoms with van der Waals surface area (Å²) < 4.78 is 4.98. The average Bonchev–Trinajstić information content (AvgIpc) is 3.18. The molecule has 38 heavy (non-hydrogen) atoms. The first kappa shape index (κ1) is 23.9. The number of nitrogens with zero attached hydrogens (tertiary/aromatic N) is 2. The Morgan fingerprint density at radius 3 is 2.42 bits per heavy atom. The van der Waals surface area contributed by atoms with Crippen LogP contribution >= 0.6 is 0 Å². The van der Waals surface area contributed by atoms with Crippen LogP contribution in [0, 0.1) is 25.2 Å². The highest BCUT2D eigenvalue weighted by atomic mass is 15.0. The molecule has 0 bridgehead atoms. The van der Waals surface area contributed by atoms with Gasteiger partial charge < -0.3 is 4.40 Å². The molecule has 3 aromatic carbocycles.